The van der Waals surface area contributed by atoms with Gasteiger partial charge in [-0.2, -0.15) is 0 Å². The Morgan fingerprint density at radius 1 is 1.10 bits per heavy atom. The molecule has 2 atom stereocenters. The predicted molar refractivity (Wildman–Crippen MR) is 116 cm³/mol. The average molecular weight is 407 g/mol. The molecule has 1 N–H and O–H groups in total. The smallest absolute Gasteiger partial charge is 0.312 e. The minimum Gasteiger partial charge on any atom is -0.492 e. The van der Waals surface area contributed by atoms with Gasteiger partial charge in [0, 0.05) is 0 Å². The fraction of sp³-hybridized carbons (Fsp3) is 0.667. The van der Waals surface area contributed by atoms with Gasteiger partial charge in [-0.1, -0.05) is 65.5 Å². The molecule has 1 aromatic carbocycles. The number of carboxylic acid groups (broad SMARTS) is 1. The van der Waals surface area contributed by atoms with Crippen LogP contribution in [0.1, 0.15) is 90.7 Å². The number of unbranched alkanes of at least 4 members (excludes halogenated alkanes) is 3. The predicted octanol–water partition coefficient (Wildman–Crippen LogP) is 5.70. The average Bonchev–Trinajstić information content (AvgIpc) is 2.65. The standard InChI is InChI=1S/C24H38O5/c1-7-9-10-11-12-19(22(25)26)18-13-14-20(24(4,5)6)21(15-18)29-16-17(3)23(27)28-8-2/h13-15,17,19H,7-12,16H2,1-6H3,(H,25,26). The van der Waals surface area contributed by atoms with Crippen molar-refractivity contribution in [1.82, 2.24) is 0 Å². The number of aliphatic carboxylic acids is 1. The summed E-state index contributed by atoms with van der Waals surface area (Å²) < 4.78 is 11.1. The lowest BCUT2D eigenvalue weighted by Gasteiger charge is -2.25. The molecule has 0 aliphatic carbocycles. The van der Waals surface area contributed by atoms with Gasteiger partial charge in [-0.15, -0.1) is 0 Å². The Bertz CT molecular complexity index is 660. The molecule has 29 heavy (non-hydrogen) atoms. The largest absolute Gasteiger partial charge is 0.492 e. The molecule has 5 heteroatoms. The van der Waals surface area contributed by atoms with Gasteiger partial charge in [-0.3, -0.25) is 9.59 Å². The molecule has 0 saturated carbocycles. The molecule has 0 fully saturated rings. The highest BCUT2D eigenvalue weighted by molar-refractivity contribution is 5.76. The van der Waals surface area contributed by atoms with Crippen LogP contribution in [0.2, 0.25) is 0 Å². The first kappa shape index (κ1) is 25.0. The molecule has 0 heterocycles. The van der Waals surface area contributed by atoms with Gasteiger partial charge >= 0.3 is 11.9 Å². The second-order valence-electron chi connectivity index (χ2n) is 8.71. The van der Waals surface area contributed by atoms with Gasteiger partial charge in [0.05, 0.1) is 18.4 Å². The molecule has 0 amide bonds. The van der Waals surface area contributed by atoms with Crippen molar-refractivity contribution in [1.29, 1.82) is 0 Å². The van der Waals surface area contributed by atoms with Crippen LogP contribution in [0.25, 0.3) is 0 Å². The van der Waals surface area contributed by atoms with Gasteiger partial charge in [-0.25, -0.2) is 0 Å². The minimum absolute atomic E-state index is 0.166. The van der Waals surface area contributed by atoms with E-state index >= 15 is 0 Å². The molecular weight excluding hydrogens is 368 g/mol. The van der Waals surface area contributed by atoms with Crippen molar-refractivity contribution in [3.8, 4) is 5.75 Å². The zero-order valence-electron chi connectivity index (χ0n) is 18.9. The van der Waals surface area contributed by atoms with Gasteiger partial charge in [0.2, 0.25) is 0 Å². The fourth-order valence-corrected chi connectivity index (χ4v) is 3.27. The number of benzene rings is 1. The van der Waals surface area contributed by atoms with Crippen LogP contribution in [0, 0.1) is 5.92 Å². The summed E-state index contributed by atoms with van der Waals surface area (Å²) in [4.78, 5) is 23.8. The van der Waals surface area contributed by atoms with Crippen molar-refractivity contribution in [3.05, 3.63) is 29.3 Å². The van der Waals surface area contributed by atoms with Crippen LogP contribution in [0.3, 0.4) is 0 Å². The lowest BCUT2D eigenvalue weighted by Crippen LogP contribution is -2.23. The zero-order chi connectivity index (χ0) is 22.0. The van der Waals surface area contributed by atoms with Crippen LogP contribution in [0.5, 0.6) is 5.75 Å². The molecule has 0 saturated heterocycles. The maximum absolute atomic E-state index is 11.9. The number of esters is 1. The van der Waals surface area contributed by atoms with Crippen molar-refractivity contribution in [3.63, 3.8) is 0 Å². The first-order chi connectivity index (χ1) is 13.6. The summed E-state index contributed by atoms with van der Waals surface area (Å²) in [5, 5.41) is 9.75. The Kier molecular flexibility index (Phi) is 10.2. The third-order valence-corrected chi connectivity index (χ3v) is 5.04. The summed E-state index contributed by atoms with van der Waals surface area (Å²) in [5.41, 5.74) is 1.58. The van der Waals surface area contributed by atoms with Gasteiger partial charge in [0.25, 0.3) is 0 Å². The molecule has 0 aliphatic rings. The van der Waals surface area contributed by atoms with Crippen LogP contribution >= 0.6 is 0 Å². The number of rotatable bonds is 12. The number of carbonyl (C=O) groups is 2. The number of hydrogen-bond donors (Lipinski definition) is 1. The van der Waals surface area contributed by atoms with E-state index in [0.29, 0.717) is 18.8 Å². The molecular formula is C24H38O5. The highest BCUT2D eigenvalue weighted by Gasteiger charge is 2.25. The van der Waals surface area contributed by atoms with E-state index in [1.165, 1.54) is 0 Å². The summed E-state index contributed by atoms with van der Waals surface area (Å²) in [6.07, 6.45) is 4.79. The number of hydrogen-bond acceptors (Lipinski definition) is 4. The number of ether oxygens (including phenoxy) is 2. The van der Waals surface area contributed by atoms with Crippen LogP contribution in [0.15, 0.2) is 18.2 Å². The Morgan fingerprint density at radius 2 is 1.79 bits per heavy atom. The maximum atomic E-state index is 11.9. The molecule has 0 aromatic heterocycles. The Hall–Kier alpha value is -2.04. The van der Waals surface area contributed by atoms with Gasteiger partial charge < -0.3 is 14.6 Å². The minimum atomic E-state index is -0.809. The molecule has 0 radical (unpaired) electrons. The highest BCUT2D eigenvalue weighted by Crippen LogP contribution is 2.35. The molecule has 0 spiro atoms. The van der Waals surface area contributed by atoms with Crippen LogP contribution in [-0.2, 0) is 19.7 Å². The van der Waals surface area contributed by atoms with Crippen LogP contribution in [0.4, 0.5) is 0 Å². The molecule has 2 unspecified atom stereocenters. The zero-order valence-corrected chi connectivity index (χ0v) is 18.9. The first-order valence-corrected chi connectivity index (χ1v) is 10.8. The van der Waals surface area contributed by atoms with Crippen molar-refractivity contribution < 1.29 is 24.2 Å². The van der Waals surface area contributed by atoms with E-state index in [1.807, 2.05) is 18.2 Å². The van der Waals surface area contributed by atoms with Gasteiger partial charge in [0.1, 0.15) is 12.4 Å². The Balaban J connectivity index is 3.07. The van der Waals surface area contributed by atoms with Crippen molar-refractivity contribution in [2.75, 3.05) is 13.2 Å². The lowest BCUT2D eigenvalue weighted by molar-refractivity contribution is -0.148. The van der Waals surface area contributed by atoms with Crippen molar-refractivity contribution >= 4 is 11.9 Å². The normalized spacial score (nSPS) is 13.6. The van der Waals surface area contributed by atoms with E-state index in [9.17, 15) is 14.7 Å². The fourth-order valence-electron chi connectivity index (χ4n) is 3.27. The van der Waals surface area contributed by atoms with Crippen molar-refractivity contribution in [2.24, 2.45) is 5.92 Å². The van der Waals surface area contributed by atoms with E-state index < -0.39 is 17.8 Å². The van der Waals surface area contributed by atoms with E-state index in [4.69, 9.17) is 9.47 Å². The van der Waals surface area contributed by atoms with Gasteiger partial charge in [0.15, 0.2) is 0 Å². The Labute approximate surface area is 175 Å². The van der Waals surface area contributed by atoms with Crippen LogP contribution < -0.4 is 4.74 Å². The van der Waals surface area contributed by atoms with E-state index in [-0.39, 0.29) is 18.0 Å². The summed E-state index contributed by atoms with van der Waals surface area (Å²) in [7, 11) is 0. The second kappa shape index (κ2) is 11.8. The van der Waals surface area contributed by atoms with Gasteiger partial charge in [-0.05, 0) is 42.9 Å². The third-order valence-electron chi connectivity index (χ3n) is 5.04. The quantitative estimate of drug-likeness (QED) is 0.356. The molecule has 1 rings (SSSR count). The third kappa shape index (κ3) is 8.08. The number of carboxylic acids is 1. The molecule has 164 valence electrons. The van der Waals surface area contributed by atoms with E-state index in [0.717, 1.165) is 36.8 Å². The molecule has 1 aromatic rings. The molecule has 0 bridgehead atoms. The lowest BCUT2D eigenvalue weighted by atomic mass is 9.84. The second-order valence-corrected chi connectivity index (χ2v) is 8.71. The van der Waals surface area contributed by atoms with E-state index in [2.05, 4.69) is 27.7 Å². The van der Waals surface area contributed by atoms with Crippen LogP contribution in [-0.4, -0.2) is 30.3 Å². The van der Waals surface area contributed by atoms with Crippen molar-refractivity contribution in [2.45, 2.75) is 85.0 Å². The summed E-state index contributed by atoms with van der Waals surface area (Å²) in [6.45, 7) is 12.5. The molecule has 0 aliphatic heterocycles. The number of carbonyl (C=O) groups excluding carboxylic acids is 1. The summed E-state index contributed by atoms with van der Waals surface area (Å²) >= 11 is 0. The highest BCUT2D eigenvalue weighted by atomic mass is 16.5. The SMILES string of the molecule is CCCCCCC(C(=O)O)c1ccc(C(C)(C)C)c(OCC(C)C(=O)OCC)c1. The maximum Gasteiger partial charge on any atom is 0.312 e. The summed E-state index contributed by atoms with van der Waals surface area (Å²) in [5.74, 6) is -1.40. The Morgan fingerprint density at radius 3 is 2.34 bits per heavy atom. The van der Waals surface area contributed by atoms with E-state index in [1.54, 1.807) is 13.8 Å². The topological polar surface area (TPSA) is 72.8 Å². The molecule has 5 nitrogen and oxygen atoms in total. The monoisotopic (exact) mass is 406 g/mol. The first-order valence-electron chi connectivity index (χ1n) is 10.8. The summed E-state index contributed by atoms with van der Waals surface area (Å²) in [6, 6.07) is 5.71.